The second-order valence-electron chi connectivity index (χ2n) is 4.02. The first-order valence-electron chi connectivity index (χ1n) is 5.55. The van der Waals surface area contributed by atoms with Gasteiger partial charge in [-0.3, -0.25) is 9.59 Å². The van der Waals surface area contributed by atoms with Crippen LogP contribution < -0.4 is 4.72 Å². The molecule has 1 unspecified atom stereocenters. The molecule has 0 aliphatic carbocycles. The molecule has 10 heteroatoms. The summed E-state index contributed by atoms with van der Waals surface area (Å²) < 4.78 is 51.7. The number of hydrogen-bond donors (Lipinski definition) is 3. The molecule has 1 aromatic carbocycles. The van der Waals surface area contributed by atoms with Gasteiger partial charge in [-0.2, -0.15) is 4.72 Å². The van der Waals surface area contributed by atoms with Gasteiger partial charge in [-0.15, -0.1) is 0 Å². The van der Waals surface area contributed by atoms with Gasteiger partial charge in [0.15, 0.2) is 0 Å². The summed E-state index contributed by atoms with van der Waals surface area (Å²) >= 11 is 0. The van der Waals surface area contributed by atoms with Crippen molar-refractivity contribution in [1.82, 2.24) is 4.72 Å². The molecular formula is C11H11F2NO6S. The number of carboxylic acids is 2. The Morgan fingerprint density at radius 2 is 1.86 bits per heavy atom. The van der Waals surface area contributed by atoms with Crippen LogP contribution in [0.3, 0.4) is 0 Å². The summed E-state index contributed by atoms with van der Waals surface area (Å²) in [5, 5.41) is 17.3. The Kier molecular flexibility index (Phi) is 5.33. The maximum Gasteiger partial charge on any atom is 0.321 e. The van der Waals surface area contributed by atoms with Crippen LogP contribution in [-0.2, 0) is 19.6 Å². The van der Waals surface area contributed by atoms with Crippen LogP contribution in [0.1, 0.15) is 12.8 Å². The zero-order valence-corrected chi connectivity index (χ0v) is 11.2. The summed E-state index contributed by atoms with van der Waals surface area (Å²) in [5.74, 6) is -5.23. The highest BCUT2D eigenvalue weighted by Crippen LogP contribution is 2.16. The summed E-state index contributed by atoms with van der Waals surface area (Å²) in [6.07, 6.45) is -1.15. The van der Waals surface area contributed by atoms with Crippen molar-refractivity contribution >= 4 is 22.0 Å². The predicted molar refractivity (Wildman–Crippen MR) is 65.0 cm³/mol. The van der Waals surface area contributed by atoms with E-state index in [1.165, 1.54) is 0 Å². The first-order valence-corrected chi connectivity index (χ1v) is 7.04. The number of rotatable bonds is 7. The van der Waals surface area contributed by atoms with Crippen molar-refractivity contribution in [2.75, 3.05) is 0 Å². The number of carboxylic acid groups (broad SMARTS) is 2. The molecule has 0 saturated heterocycles. The first kappa shape index (κ1) is 17.0. The lowest BCUT2D eigenvalue weighted by atomic mass is 10.2. The highest BCUT2D eigenvalue weighted by atomic mass is 32.2. The summed E-state index contributed by atoms with van der Waals surface area (Å²) in [4.78, 5) is 20.2. The minimum absolute atomic E-state index is 0.397. The Hall–Kier alpha value is -2.07. The molecular weight excluding hydrogens is 312 g/mol. The number of sulfonamides is 1. The summed E-state index contributed by atoms with van der Waals surface area (Å²) in [7, 11) is -4.64. The Balaban J connectivity index is 3.03. The lowest BCUT2D eigenvalue weighted by Crippen LogP contribution is -2.41. The Morgan fingerprint density at radius 1 is 1.24 bits per heavy atom. The van der Waals surface area contributed by atoms with Gasteiger partial charge in [0.2, 0.25) is 10.0 Å². The lowest BCUT2D eigenvalue weighted by Gasteiger charge is -2.14. The minimum atomic E-state index is -4.64. The molecule has 0 aliphatic rings. The second kappa shape index (κ2) is 6.59. The molecule has 0 radical (unpaired) electrons. The third-order valence-corrected chi connectivity index (χ3v) is 3.91. The van der Waals surface area contributed by atoms with E-state index in [1.54, 1.807) is 4.72 Å². The highest BCUT2D eigenvalue weighted by Gasteiger charge is 2.28. The van der Waals surface area contributed by atoms with Crippen molar-refractivity contribution in [3.63, 3.8) is 0 Å². The number of benzene rings is 1. The molecule has 0 amide bonds. The minimum Gasteiger partial charge on any atom is -0.481 e. The van der Waals surface area contributed by atoms with Crippen LogP contribution in [0.5, 0.6) is 0 Å². The predicted octanol–water partition coefficient (Wildman–Crippen LogP) is 0.561. The fraction of sp³-hybridized carbons (Fsp3) is 0.273. The van der Waals surface area contributed by atoms with Gasteiger partial charge in [0.05, 0.1) is 0 Å². The number of halogens is 2. The van der Waals surface area contributed by atoms with Crippen molar-refractivity contribution < 1.29 is 37.0 Å². The number of aliphatic carboxylic acids is 2. The van der Waals surface area contributed by atoms with Gasteiger partial charge in [0.1, 0.15) is 22.6 Å². The van der Waals surface area contributed by atoms with Gasteiger partial charge < -0.3 is 10.2 Å². The fourth-order valence-corrected chi connectivity index (χ4v) is 2.75. The normalized spacial score (nSPS) is 12.9. The van der Waals surface area contributed by atoms with E-state index in [9.17, 15) is 26.8 Å². The van der Waals surface area contributed by atoms with Crippen LogP contribution in [0.25, 0.3) is 0 Å². The maximum absolute atomic E-state index is 13.4. The van der Waals surface area contributed by atoms with Crippen molar-refractivity contribution in [3.05, 3.63) is 29.8 Å². The zero-order chi connectivity index (χ0) is 16.2. The van der Waals surface area contributed by atoms with E-state index in [0.29, 0.717) is 18.2 Å². The molecule has 0 bridgehead atoms. The molecule has 0 heterocycles. The Morgan fingerprint density at radius 3 is 2.38 bits per heavy atom. The molecule has 1 rings (SSSR count). The van der Waals surface area contributed by atoms with Gasteiger partial charge in [0.25, 0.3) is 0 Å². The Bertz CT molecular complexity index is 661. The van der Waals surface area contributed by atoms with E-state index in [1.807, 2.05) is 0 Å². The average molecular weight is 323 g/mol. The molecule has 116 valence electrons. The van der Waals surface area contributed by atoms with E-state index in [-0.39, 0.29) is 0 Å². The second-order valence-corrected chi connectivity index (χ2v) is 5.70. The molecule has 0 spiro atoms. The van der Waals surface area contributed by atoms with Crippen LogP contribution in [0.2, 0.25) is 0 Å². The van der Waals surface area contributed by atoms with Crippen molar-refractivity contribution in [2.45, 2.75) is 23.8 Å². The van der Waals surface area contributed by atoms with E-state index in [0.717, 1.165) is 0 Å². The average Bonchev–Trinajstić information content (AvgIpc) is 2.36. The molecule has 1 aromatic rings. The maximum atomic E-state index is 13.4. The lowest BCUT2D eigenvalue weighted by molar-refractivity contribution is -0.140. The van der Waals surface area contributed by atoms with E-state index >= 15 is 0 Å². The Labute approximate surface area is 118 Å². The van der Waals surface area contributed by atoms with Crippen molar-refractivity contribution in [2.24, 2.45) is 0 Å². The molecule has 0 aliphatic heterocycles. The summed E-state index contributed by atoms with van der Waals surface area (Å²) in [6, 6.07) is -0.0909. The number of hydrogen-bond acceptors (Lipinski definition) is 4. The van der Waals surface area contributed by atoms with E-state index in [4.69, 9.17) is 10.2 Å². The monoisotopic (exact) mass is 323 g/mol. The highest BCUT2D eigenvalue weighted by molar-refractivity contribution is 7.89. The van der Waals surface area contributed by atoms with Gasteiger partial charge in [-0.25, -0.2) is 17.2 Å². The third kappa shape index (κ3) is 4.76. The topological polar surface area (TPSA) is 121 Å². The third-order valence-electron chi connectivity index (χ3n) is 2.43. The molecule has 0 fully saturated rings. The van der Waals surface area contributed by atoms with Crippen LogP contribution in [0, 0.1) is 11.6 Å². The molecule has 0 aromatic heterocycles. The summed E-state index contributed by atoms with van der Waals surface area (Å²) in [5.41, 5.74) is 0. The molecule has 21 heavy (non-hydrogen) atoms. The largest absolute Gasteiger partial charge is 0.481 e. The number of carbonyl (C=O) groups is 2. The standard InChI is InChI=1S/C11H11F2NO6S/c12-6-1-2-7(13)9(5-6)21(19,20)14-8(11(17)18)3-4-10(15)16/h1-2,5,8,14H,3-4H2,(H,15,16)(H,17,18). The van der Waals surface area contributed by atoms with Gasteiger partial charge in [0, 0.05) is 6.42 Å². The van der Waals surface area contributed by atoms with Crippen LogP contribution in [0.15, 0.2) is 23.1 Å². The smallest absolute Gasteiger partial charge is 0.321 e. The van der Waals surface area contributed by atoms with Crippen molar-refractivity contribution in [3.8, 4) is 0 Å². The van der Waals surface area contributed by atoms with Crippen LogP contribution >= 0.6 is 0 Å². The first-order chi connectivity index (χ1) is 9.63. The molecule has 1 atom stereocenters. The van der Waals surface area contributed by atoms with Gasteiger partial charge in [-0.05, 0) is 24.6 Å². The fourth-order valence-electron chi connectivity index (χ4n) is 1.43. The van der Waals surface area contributed by atoms with Gasteiger partial charge >= 0.3 is 11.9 Å². The molecule has 7 nitrogen and oxygen atoms in total. The quantitative estimate of drug-likeness (QED) is 0.674. The molecule has 3 N–H and O–H groups in total. The van der Waals surface area contributed by atoms with E-state index < -0.39 is 57.4 Å². The van der Waals surface area contributed by atoms with Crippen LogP contribution in [0.4, 0.5) is 8.78 Å². The van der Waals surface area contributed by atoms with Crippen molar-refractivity contribution in [1.29, 1.82) is 0 Å². The summed E-state index contributed by atoms with van der Waals surface area (Å²) in [6.45, 7) is 0. The van der Waals surface area contributed by atoms with Gasteiger partial charge in [-0.1, -0.05) is 0 Å². The molecule has 0 saturated carbocycles. The number of nitrogens with one attached hydrogen (secondary N) is 1. The van der Waals surface area contributed by atoms with Crippen LogP contribution in [-0.4, -0.2) is 36.6 Å². The zero-order valence-electron chi connectivity index (χ0n) is 10.4. The van der Waals surface area contributed by atoms with E-state index in [2.05, 4.69) is 0 Å². The SMILES string of the molecule is O=C(O)CCC(NS(=O)(=O)c1cc(F)ccc1F)C(=O)O.